The lowest BCUT2D eigenvalue weighted by atomic mass is 9.84. The van der Waals surface area contributed by atoms with Crippen LogP contribution in [-0.2, 0) is 0 Å². The molecule has 0 saturated carbocycles. The largest absolute Gasteiger partial charge is 0.211 e. The third-order valence-corrected chi connectivity index (χ3v) is 3.32. The number of halogens is 2. The van der Waals surface area contributed by atoms with Crippen LogP contribution >= 0.6 is 0 Å². The van der Waals surface area contributed by atoms with Gasteiger partial charge >= 0.3 is 0 Å². The Morgan fingerprint density at radius 3 is 2.48 bits per heavy atom. The molecule has 122 valence electrons. The second kappa shape index (κ2) is 8.48. The molecule has 0 atom stereocenters. The van der Waals surface area contributed by atoms with E-state index in [-0.39, 0.29) is 17.4 Å². The average Bonchev–Trinajstić information content (AvgIpc) is 2.61. The van der Waals surface area contributed by atoms with Crippen LogP contribution in [0.2, 0.25) is 0 Å². The van der Waals surface area contributed by atoms with Gasteiger partial charge in [0.2, 0.25) is 0 Å². The molecule has 0 fully saturated rings. The van der Waals surface area contributed by atoms with Crippen molar-refractivity contribution in [3.05, 3.63) is 70.9 Å². The summed E-state index contributed by atoms with van der Waals surface area (Å²) in [5.41, 5.74) is 1.90. The Balaban J connectivity index is 3.26. The van der Waals surface area contributed by atoms with Crippen LogP contribution in [-0.4, -0.2) is 0 Å². The molecule has 0 radical (unpaired) electrons. The molecule has 0 bridgehead atoms. The first-order valence-electron chi connectivity index (χ1n) is 7.69. The number of rotatable bonds is 4. The minimum absolute atomic E-state index is 0.0434. The van der Waals surface area contributed by atoms with Crippen molar-refractivity contribution in [3.63, 3.8) is 0 Å². The Hall–Kier alpha value is -2.14. The average molecular weight is 314 g/mol. The quantitative estimate of drug-likeness (QED) is 0.409. The van der Waals surface area contributed by atoms with Gasteiger partial charge in [0.15, 0.2) is 0 Å². The monoisotopic (exact) mass is 314 g/mol. The van der Waals surface area contributed by atoms with E-state index in [0.29, 0.717) is 5.57 Å². The fourth-order valence-corrected chi connectivity index (χ4v) is 1.98. The molecule has 2 heteroatoms. The Bertz CT molecular complexity index is 676. The molecule has 0 aliphatic heterocycles. The minimum Gasteiger partial charge on any atom is -0.211 e. The van der Waals surface area contributed by atoms with Crippen molar-refractivity contribution in [3.8, 4) is 11.8 Å². The van der Waals surface area contributed by atoms with Gasteiger partial charge in [0.05, 0.1) is 12.0 Å². The minimum atomic E-state index is -0.612. The molecule has 0 nitrogen and oxygen atoms in total. The summed E-state index contributed by atoms with van der Waals surface area (Å²) >= 11 is 0. The topological polar surface area (TPSA) is 0 Å². The highest BCUT2D eigenvalue weighted by Gasteiger charge is 2.16. The lowest BCUT2D eigenvalue weighted by Crippen LogP contribution is -2.08. The van der Waals surface area contributed by atoms with Crippen LogP contribution in [0.15, 0.2) is 70.9 Å². The Morgan fingerprint density at radius 2 is 1.87 bits per heavy atom. The van der Waals surface area contributed by atoms with E-state index in [0.717, 1.165) is 11.6 Å². The van der Waals surface area contributed by atoms with Crippen molar-refractivity contribution in [1.82, 2.24) is 0 Å². The molecular formula is C21H24F2. The molecule has 0 unspecified atom stereocenters. The van der Waals surface area contributed by atoms with Crippen LogP contribution in [0.25, 0.3) is 0 Å². The van der Waals surface area contributed by atoms with Crippen molar-refractivity contribution < 1.29 is 8.78 Å². The van der Waals surface area contributed by atoms with Crippen LogP contribution in [0, 0.1) is 17.3 Å². The maximum Gasteiger partial charge on any atom is 0.141 e. The Labute approximate surface area is 138 Å². The van der Waals surface area contributed by atoms with Gasteiger partial charge in [-0.3, -0.25) is 0 Å². The highest BCUT2D eigenvalue weighted by Crippen LogP contribution is 2.30. The molecular weight excluding hydrogens is 290 g/mol. The van der Waals surface area contributed by atoms with Crippen molar-refractivity contribution in [2.24, 2.45) is 5.41 Å². The number of hydrogen-bond donors (Lipinski definition) is 0. The van der Waals surface area contributed by atoms with Crippen molar-refractivity contribution in [2.45, 2.75) is 41.0 Å². The molecule has 1 rings (SSSR count). The molecule has 1 aliphatic carbocycles. The summed E-state index contributed by atoms with van der Waals surface area (Å²) in [5, 5.41) is 0. The normalized spacial score (nSPS) is 17.4. The first-order valence-corrected chi connectivity index (χ1v) is 7.69. The van der Waals surface area contributed by atoms with Crippen LogP contribution < -0.4 is 0 Å². The lowest BCUT2D eigenvalue weighted by Gasteiger charge is -2.21. The summed E-state index contributed by atoms with van der Waals surface area (Å²) in [6.45, 7) is 10.0. The maximum absolute atomic E-state index is 14.1. The van der Waals surface area contributed by atoms with Crippen LogP contribution in [0.4, 0.5) is 8.78 Å². The zero-order valence-corrected chi connectivity index (χ0v) is 14.5. The van der Waals surface area contributed by atoms with Gasteiger partial charge in [-0.25, -0.2) is 8.78 Å². The SMILES string of the molecule is CC=C/C=C/C=C(\C=C(/C)C1=C(F)C=C(F)CC#C1)C(C)(C)C. The number of hydrogen-bond acceptors (Lipinski definition) is 0. The van der Waals surface area contributed by atoms with E-state index >= 15 is 0 Å². The number of allylic oxidation sites excluding steroid dienone is 12. The highest BCUT2D eigenvalue weighted by molar-refractivity contribution is 5.53. The fraction of sp³-hybridized carbons (Fsp3) is 0.333. The molecule has 23 heavy (non-hydrogen) atoms. The fourth-order valence-electron chi connectivity index (χ4n) is 1.98. The van der Waals surface area contributed by atoms with Crippen molar-refractivity contribution in [1.29, 1.82) is 0 Å². The molecule has 0 aromatic carbocycles. The van der Waals surface area contributed by atoms with E-state index in [1.807, 2.05) is 43.4 Å². The predicted octanol–water partition coefficient (Wildman–Crippen LogP) is 6.52. The Kier molecular flexibility index (Phi) is 6.97. The van der Waals surface area contributed by atoms with Gasteiger partial charge < -0.3 is 0 Å². The third-order valence-electron chi connectivity index (χ3n) is 3.32. The smallest absolute Gasteiger partial charge is 0.141 e. The molecule has 0 heterocycles. The highest BCUT2D eigenvalue weighted by atomic mass is 19.1. The summed E-state index contributed by atoms with van der Waals surface area (Å²) in [5.74, 6) is 4.23. The van der Waals surface area contributed by atoms with E-state index < -0.39 is 11.7 Å². The van der Waals surface area contributed by atoms with Gasteiger partial charge in [0.25, 0.3) is 0 Å². The van der Waals surface area contributed by atoms with Crippen molar-refractivity contribution >= 4 is 0 Å². The zero-order chi connectivity index (χ0) is 17.5. The Morgan fingerprint density at radius 1 is 1.17 bits per heavy atom. The third kappa shape index (κ3) is 6.24. The lowest BCUT2D eigenvalue weighted by molar-refractivity contribution is 0.516. The maximum atomic E-state index is 14.1. The molecule has 0 spiro atoms. The van der Waals surface area contributed by atoms with Gasteiger partial charge in [0, 0.05) is 6.08 Å². The summed E-state index contributed by atoms with van der Waals surface area (Å²) in [4.78, 5) is 0. The van der Waals surface area contributed by atoms with Gasteiger partial charge in [0.1, 0.15) is 11.7 Å². The van der Waals surface area contributed by atoms with Gasteiger partial charge in [-0.2, -0.15) is 0 Å². The van der Waals surface area contributed by atoms with E-state index in [9.17, 15) is 8.78 Å². The van der Waals surface area contributed by atoms with Crippen molar-refractivity contribution in [2.75, 3.05) is 0 Å². The molecule has 1 aliphatic rings. The summed E-state index contributed by atoms with van der Waals surface area (Å²) in [6.07, 6.45) is 12.6. The molecule has 0 N–H and O–H groups in total. The standard InChI is InChI=1S/C21H24F2/c1-6-7-8-9-11-17(21(3,4)5)14-16(2)19-13-10-12-18(22)15-20(19)23/h6-9,11,14-15H,12H2,1-5H3/b7-6?,9-8+,16-14+,17-11+. The molecule has 0 aromatic heterocycles. The van der Waals surface area contributed by atoms with Crippen LogP contribution in [0.1, 0.15) is 41.0 Å². The van der Waals surface area contributed by atoms with E-state index in [1.165, 1.54) is 0 Å². The summed E-state index contributed by atoms with van der Waals surface area (Å²) in [6, 6.07) is 0. The van der Waals surface area contributed by atoms with Gasteiger partial charge in [-0.15, -0.1) is 0 Å². The predicted molar refractivity (Wildman–Crippen MR) is 95.0 cm³/mol. The zero-order valence-electron chi connectivity index (χ0n) is 14.5. The molecule has 0 aromatic rings. The van der Waals surface area contributed by atoms with E-state index in [1.54, 1.807) is 6.92 Å². The second-order valence-electron chi connectivity index (χ2n) is 6.40. The van der Waals surface area contributed by atoms with Gasteiger partial charge in [-0.05, 0) is 30.4 Å². The summed E-state index contributed by atoms with van der Waals surface area (Å²) < 4.78 is 27.3. The van der Waals surface area contributed by atoms with Crippen LogP contribution in [0.5, 0.6) is 0 Å². The first-order chi connectivity index (χ1) is 10.8. The van der Waals surface area contributed by atoms with E-state index in [4.69, 9.17) is 0 Å². The first kappa shape index (κ1) is 18.9. The van der Waals surface area contributed by atoms with E-state index in [2.05, 4.69) is 32.6 Å². The second-order valence-corrected chi connectivity index (χ2v) is 6.40. The van der Waals surface area contributed by atoms with Gasteiger partial charge in [-0.1, -0.05) is 69.1 Å². The molecule has 0 saturated heterocycles. The summed E-state index contributed by atoms with van der Waals surface area (Å²) in [7, 11) is 0. The van der Waals surface area contributed by atoms with Crippen LogP contribution in [0.3, 0.4) is 0 Å². The molecule has 0 amide bonds.